The fourth-order valence-electron chi connectivity index (χ4n) is 1.23. The summed E-state index contributed by atoms with van der Waals surface area (Å²) >= 11 is 0. The monoisotopic (exact) mass is 227 g/mol. The molecule has 0 fully saturated rings. The van der Waals surface area contributed by atoms with Crippen molar-refractivity contribution >= 4 is 9.84 Å². The summed E-state index contributed by atoms with van der Waals surface area (Å²) in [5, 5.41) is -0.390. The topological polar surface area (TPSA) is 60.2 Å². The minimum absolute atomic E-state index is 0.0687. The van der Waals surface area contributed by atoms with Gasteiger partial charge in [-0.25, -0.2) is 8.42 Å². The molecule has 0 saturated heterocycles. The van der Waals surface area contributed by atoms with Gasteiger partial charge in [-0.15, -0.1) is 0 Å². The third-order valence-electron chi connectivity index (χ3n) is 2.36. The van der Waals surface area contributed by atoms with Crippen LogP contribution in [0.3, 0.4) is 0 Å². The lowest BCUT2D eigenvalue weighted by Crippen LogP contribution is -2.14. The third-order valence-corrected chi connectivity index (χ3v) is 4.53. The Bertz CT molecular complexity index is 418. The minimum atomic E-state index is -3.16. The maximum atomic E-state index is 11.8. The Morgan fingerprint density at radius 2 is 1.53 bits per heavy atom. The van der Waals surface area contributed by atoms with E-state index in [-0.39, 0.29) is 6.04 Å². The Morgan fingerprint density at radius 1 is 1.07 bits per heavy atom. The first-order valence-electron chi connectivity index (χ1n) is 4.95. The van der Waals surface area contributed by atoms with Crippen molar-refractivity contribution in [1.29, 1.82) is 0 Å². The van der Waals surface area contributed by atoms with Gasteiger partial charge in [-0.2, -0.15) is 0 Å². The molecule has 4 heteroatoms. The molecule has 1 aromatic carbocycles. The van der Waals surface area contributed by atoms with Crippen LogP contribution in [0.1, 0.15) is 32.4 Å². The highest BCUT2D eigenvalue weighted by atomic mass is 32.2. The van der Waals surface area contributed by atoms with E-state index in [1.54, 1.807) is 38.1 Å². The van der Waals surface area contributed by atoms with Crippen LogP contribution in [0.25, 0.3) is 0 Å². The zero-order valence-corrected chi connectivity index (χ0v) is 10.1. The molecule has 1 aromatic rings. The molecule has 0 spiro atoms. The van der Waals surface area contributed by atoms with Crippen molar-refractivity contribution in [3.63, 3.8) is 0 Å². The molecule has 1 unspecified atom stereocenters. The van der Waals surface area contributed by atoms with Gasteiger partial charge in [0.1, 0.15) is 0 Å². The normalized spacial score (nSPS) is 14.2. The van der Waals surface area contributed by atoms with Gasteiger partial charge in [0.15, 0.2) is 9.84 Å². The maximum Gasteiger partial charge on any atom is 0.180 e. The van der Waals surface area contributed by atoms with E-state index in [2.05, 4.69) is 0 Å². The molecule has 2 N–H and O–H groups in total. The molecule has 3 nitrogen and oxygen atoms in total. The molecule has 0 amide bonds. The van der Waals surface area contributed by atoms with Crippen molar-refractivity contribution in [2.75, 3.05) is 0 Å². The zero-order valence-electron chi connectivity index (χ0n) is 9.27. The van der Waals surface area contributed by atoms with Crippen molar-refractivity contribution in [2.45, 2.75) is 37.0 Å². The van der Waals surface area contributed by atoms with Gasteiger partial charge in [0.2, 0.25) is 0 Å². The van der Waals surface area contributed by atoms with Crippen molar-refractivity contribution in [2.24, 2.45) is 5.73 Å². The van der Waals surface area contributed by atoms with Crippen LogP contribution in [0.2, 0.25) is 0 Å². The first-order valence-corrected chi connectivity index (χ1v) is 6.49. The molecule has 0 aliphatic rings. The van der Waals surface area contributed by atoms with Crippen molar-refractivity contribution < 1.29 is 8.42 Å². The Morgan fingerprint density at radius 3 is 1.87 bits per heavy atom. The van der Waals surface area contributed by atoms with Gasteiger partial charge < -0.3 is 5.73 Å². The van der Waals surface area contributed by atoms with E-state index < -0.39 is 15.1 Å². The van der Waals surface area contributed by atoms with Crippen LogP contribution < -0.4 is 5.73 Å². The van der Waals surface area contributed by atoms with Gasteiger partial charge in [0.05, 0.1) is 10.1 Å². The fraction of sp³-hybridized carbons (Fsp3) is 0.455. The Hall–Kier alpha value is -0.870. The van der Waals surface area contributed by atoms with Crippen LogP contribution in [-0.2, 0) is 9.84 Å². The second-order valence-electron chi connectivity index (χ2n) is 3.95. The van der Waals surface area contributed by atoms with Crippen LogP contribution in [0.15, 0.2) is 29.2 Å². The predicted octanol–water partition coefficient (Wildman–Crippen LogP) is 1.89. The fourth-order valence-corrected chi connectivity index (χ4v) is 2.29. The van der Waals surface area contributed by atoms with Gasteiger partial charge in [-0.05, 0) is 38.5 Å². The first kappa shape index (κ1) is 12.2. The predicted molar refractivity (Wildman–Crippen MR) is 61.4 cm³/mol. The summed E-state index contributed by atoms with van der Waals surface area (Å²) in [5.41, 5.74) is 6.63. The standard InChI is InChI=1S/C11H17NO2S/c1-8(2)15(13,14)11-6-4-10(5-7-11)9(3)12/h4-9H,12H2,1-3H3. The highest BCUT2D eigenvalue weighted by molar-refractivity contribution is 7.92. The van der Waals surface area contributed by atoms with E-state index in [1.807, 2.05) is 6.92 Å². The lowest BCUT2D eigenvalue weighted by atomic mass is 10.1. The minimum Gasteiger partial charge on any atom is -0.324 e. The summed E-state index contributed by atoms with van der Waals surface area (Å²) in [6, 6.07) is 6.70. The second-order valence-corrected chi connectivity index (χ2v) is 6.46. The highest BCUT2D eigenvalue weighted by Crippen LogP contribution is 2.18. The SMILES string of the molecule is CC(N)c1ccc(S(=O)(=O)C(C)C)cc1. The average Bonchev–Trinajstić information content (AvgIpc) is 2.17. The van der Waals surface area contributed by atoms with Gasteiger partial charge in [0, 0.05) is 6.04 Å². The number of hydrogen-bond acceptors (Lipinski definition) is 3. The summed E-state index contributed by atoms with van der Waals surface area (Å²) in [6.45, 7) is 5.22. The average molecular weight is 227 g/mol. The molecule has 84 valence electrons. The summed E-state index contributed by atoms with van der Waals surface area (Å²) < 4.78 is 23.6. The summed E-state index contributed by atoms with van der Waals surface area (Å²) in [5.74, 6) is 0. The van der Waals surface area contributed by atoms with Crippen molar-refractivity contribution in [1.82, 2.24) is 0 Å². The van der Waals surface area contributed by atoms with E-state index in [1.165, 1.54) is 0 Å². The van der Waals surface area contributed by atoms with Crippen LogP contribution in [-0.4, -0.2) is 13.7 Å². The van der Waals surface area contributed by atoms with E-state index in [4.69, 9.17) is 5.73 Å². The van der Waals surface area contributed by atoms with Crippen LogP contribution in [0.5, 0.6) is 0 Å². The van der Waals surface area contributed by atoms with E-state index in [0.717, 1.165) is 5.56 Å². The maximum absolute atomic E-state index is 11.8. The second kappa shape index (κ2) is 4.33. The Labute approximate surface area is 91.2 Å². The smallest absolute Gasteiger partial charge is 0.180 e. The van der Waals surface area contributed by atoms with Crippen LogP contribution in [0.4, 0.5) is 0 Å². The van der Waals surface area contributed by atoms with Gasteiger partial charge in [-0.1, -0.05) is 12.1 Å². The molecule has 15 heavy (non-hydrogen) atoms. The number of benzene rings is 1. The summed E-state index contributed by atoms with van der Waals surface area (Å²) in [7, 11) is -3.16. The van der Waals surface area contributed by atoms with Crippen LogP contribution in [0, 0.1) is 0 Å². The summed E-state index contributed by atoms with van der Waals surface area (Å²) in [6.07, 6.45) is 0. The van der Waals surface area contributed by atoms with E-state index >= 15 is 0 Å². The Kier molecular flexibility index (Phi) is 3.52. The molecule has 0 radical (unpaired) electrons. The van der Waals surface area contributed by atoms with E-state index in [0.29, 0.717) is 4.90 Å². The van der Waals surface area contributed by atoms with Crippen LogP contribution >= 0.6 is 0 Å². The third kappa shape index (κ3) is 2.58. The molecule has 0 aromatic heterocycles. The lowest BCUT2D eigenvalue weighted by molar-refractivity contribution is 0.587. The molecule has 0 bridgehead atoms. The molecular formula is C11H17NO2S. The zero-order chi connectivity index (χ0) is 11.6. The van der Waals surface area contributed by atoms with E-state index in [9.17, 15) is 8.42 Å². The van der Waals surface area contributed by atoms with Gasteiger partial charge in [-0.3, -0.25) is 0 Å². The van der Waals surface area contributed by atoms with Crippen molar-refractivity contribution in [3.8, 4) is 0 Å². The largest absolute Gasteiger partial charge is 0.324 e. The molecule has 1 rings (SSSR count). The lowest BCUT2D eigenvalue weighted by Gasteiger charge is -2.09. The number of hydrogen-bond donors (Lipinski definition) is 1. The molecule has 0 saturated carbocycles. The summed E-state index contributed by atoms with van der Waals surface area (Å²) in [4.78, 5) is 0.363. The molecule has 1 atom stereocenters. The quantitative estimate of drug-likeness (QED) is 0.857. The van der Waals surface area contributed by atoms with Crippen molar-refractivity contribution in [3.05, 3.63) is 29.8 Å². The number of nitrogens with two attached hydrogens (primary N) is 1. The first-order chi connectivity index (χ1) is 6.85. The molecule has 0 aliphatic heterocycles. The highest BCUT2D eigenvalue weighted by Gasteiger charge is 2.18. The Balaban J connectivity index is 3.10. The number of sulfone groups is 1. The molecule has 0 heterocycles. The molecular weight excluding hydrogens is 210 g/mol. The molecule has 0 aliphatic carbocycles. The van der Waals surface area contributed by atoms with Gasteiger partial charge >= 0.3 is 0 Å². The van der Waals surface area contributed by atoms with Gasteiger partial charge in [0.25, 0.3) is 0 Å². The number of rotatable bonds is 3.